The molecule has 0 N–H and O–H groups in total. The van der Waals surface area contributed by atoms with Gasteiger partial charge in [-0.2, -0.15) is 0 Å². The van der Waals surface area contributed by atoms with Crippen molar-refractivity contribution in [2.75, 3.05) is 6.54 Å². The topological polar surface area (TPSA) is 12.4 Å². The molecule has 0 unspecified atom stereocenters. The van der Waals surface area contributed by atoms with Gasteiger partial charge in [0.15, 0.2) is 0 Å². The number of unbranched alkanes of at least 4 members (excludes halogenated alkanes) is 7. The number of hydrogen-bond acceptors (Lipinski definition) is 1. The fourth-order valence-electron chi connectivity index (χ4n) is 1.39. The largest absolute Gasteiger partial charge is 0.281 e. The molecule has 0 saturated heterocycles. The molecule has 1 nitrogen and oxygen atoms in total. The maximum atomic E-state index is 5.31. The van der Waals surface area contributed by atoms with Crippen LogP contribution < -0.4 is 0 Å². The summed E-state index contributed by atoms with van der Waals surface area (Å²) < 4.78 is 0. The number of aliphatic imine (C=N–C) groups is 1. The molecular formula is C11H22ClN. The molecule has 0 spiro atoms. The lowest BCUT2D eigenvalue weighted by molar-refractivity contribution is 0.578. The van der Waals surface area contributed by atoms with Crippen molar-refractivity contribution in [1.82, 2.24) is 0 Å². The maximum absolute atomic E-state index is 5.31. The minimum absolute atomic E-state index is 0.901. The van der Waals surface area contributed by atoms with E-state index in [0.717, 1.165) is 6.54 Å². The summed E-state index contributed by atoms with van der Waals surface area (Å²) in [5.74, 6) is 0. The van der Waals surface area contributed by atoms with E-state index in [9.17, 15) is 0 Å². The van der Waals surface area contributed by atoms with Crippen LogP contribution in [-0.2, 0) is 0 Å². The summed E-state index contributed by atoms with van der Waals surface area (Å²) in [4.78, 5) is 3.96. The summed E-state index contributed by atoms with van der Waals surface area (Å²) in [6.45, 7) is 3.16. The molecule has 0 aliphatic rings. The van der Waals surface area contributed by atoms with Crippen molar-refractivity contribution in [2.45, 2.75) is 58.3 Å². The Bertz CT molecular complexity index is 113. The van der Waals surface area contributed by atoms with Crippen molar-refractivity contribution < 1.29 is 0 Å². The van der Waals surface area contributed by atoms with E-state index < -0.39 is 0 Å². The first kappa shape index (κ1) is 13.0. The van der Waals surface area contributed by atoms with Crippen LogP contribution in [0.3, 0.4) is 0 Å². The number of halogens is 1. The van der Waals surface area contributed by atoms with E-state index in [4.69, 9.17) is 11.6 Å². The fourth-order valence-corrected chi connectivity index (χ4v) is 1.48. The molecule has 0 aliphatic carbocycles. The van der Waals surface area contributed by atoms with Gasteiger partial charge in [-0.05, 0) is 6.42 Å². The Morgan fingerprint density at radius 2 is 1.46 bits per heavy atom. The zero-order valence-corrected chi connectivity index (χ0v) is 9.52. The highest BCUT2D eigenvalue weighted by Gasteiger charge is 1.90. The Kier molecular flexibility index (Phi) is 11.9. The van der Waals surface area contributed by atoms with E-state index in [2.05, 4.69) is 11.9 Å². The highest BCUT2D eigenvalue weighted by molar-refractivity contribution is 6.56. The molecule has 0 atom stereocenters. The van der Waals surface area contributed by atoms with Crippen molar-refractivity contribution >= 4 is 17.3 Å². The molecule has 0 aliphatic heterocycles. The van der Waals surface area contributed by atoms with Gasteiger partial charge in [0, 0.05) is 6.54 Å². The number of hydrogen-bond donors (Lipinski definition) is 0. The summed E-state index contributed by atoms with van der Waals surface area (Å²) >= 11 is 5.31. The second kappa shape index (κ2) is 12.0. The minimum Gasteiger partial charge on any atom is -0.281 e. The highest BCUT2D eigenvalue weighted by atomic mass is 35.5. The molecule has 0 aromatic rings. The third-order valence-corrected chi connectivity index (χ3v) is 2.35. The van der Waals surface area contributed by atoms with Gasteiger partial charge in [0.2, 0.25) is 0 Å². The highest BCUT2D eigenvalue weighted by Crippen LogP contribution is 2.08. The van der Waals surface area contributed by atoms with Gasteiger partial charge in [-0.15, -0.1) is 0 Å². The molecule has 0 fully saturated rings. The standard InChI is InChI=1S/C11H22ClN/c1-2-3-4-5-6-7-8-9-10-13-11-12/h11H,2-10H2,1H3. The van der Waals surface area contributed by atoms with E-state index in [1.165, 1.54) is 57.0 Å². The second-order valence-electron chi connectivity index (χ2n) is 3.48. The lowest BCUT2D eigenvalue weighted by Crippen LogP contribution is -1.83. The van der Waals surface area contributed by atoms with Crippen LogP contribution in [0.1, 0.15) is 58.3 Å². The van der Waals surface area contributed by atoms with E-state index in [0.29, 0.717) is 0 Å². The molecule has 78 valence electrons. The van der Waals surface area contributed by atoms with Crippen LogP contribution >= 0.6 is 11.6 Å². The number of nitrogens with zero attached hydrogens (tertiary/aromatic N) is 1. The first-order valence-electron chi connectivity index (χ1n) is 5.50. The third kappa shape index (κ3) is 12.0. The second-order valence-corrected chi connectivity index (χ2v) is 3.67. The smallest absolute Gasteiger partial charge is 0.0871 e. The molecular weight excluding hydrogens is 182 g/mol. The monoisotopic (exact) mass is 203 g/mol. The molecule has 13 heavy (non-hydrogen) atoms. The van der Waals surface area contributed by atoms with Gasteiger partial charge in [0.05, 0.1) is 5.67 Å². The molecule has 2 heteroatoms. The molecule has 0 saturated carbocycles. The van der Waals surface area contributed by atoms with Crippen molar-refractivity contribution in [3.05, 3.63) is 0 Å². The van der Waals surface area contributed by atoms with Crippen molar-refractivity contribution in [3.63, 3.8) is 0 Å². The predicted octanol–water partition coefficient (Wildman–Crippen LogP) is 4.39. The van der Waals surface area contributed by atoms with Crippen molar-refractivity contribution in [1.29, 1.82) is 0 Å². The zero-order chi connectivity index (χ0) is 9.78. The first-order chi connectivity index (χ1) is 6.41. The van der Waals surface area contributed by atoms with Crippen molar-refractivity contribution in [3.8, 4) is 0 Å². The molecule has 0 amide bonds. The third-order valence-electron chi connectivity index (χ3n) is 2.21. The predicted molar refractivity (Wildman–Crippen MR) is 61.8 cm³/mol. The molecule has 0 heterocycles. The minimum atomic E-state index is 0.901. The van der Waals surface area contributed by atoms with Gasteiger partial charge in [-0.3, -0.25) is 4.99 Å². The Morgan fingerprint density at radius 3 is 2.00 bits per heavy atom. The van der Waals surface area contributed by atoms with Gasteiger partial charge in [0.25, 0.3) is 0 Å². The Balaban J connectivity index is 2.83. The van der Waals surface area contributed by atoms with E-state index in [1.807, 2.05) is 0 Å². The first-order valence-corrected chi connectivity index (χ1v) is 5.94. The van der Waals surface area contributed by atoms with Gasteiger partial charge in [0.1, 0.15) is 0 Å². The SMILES string of the molecule is CCCCCCCCCCN=CCl. The molecule has 0 radical (unpaired) electrons. The van der Waals surface area contributed by atoms with E-state index in [-0.39, 0.29) is 0 Å². The molecule has 0 bridgehead atoms. The van der Waals surface area contributed by atoms with Crippen LogP contribution in [0.4, 0.5) is 0 Å². The van der Waals surface area contributed by atoms with Crippen LogP contribution in [0.15, 0.2) is 4.99 Å². The summed E-state index contributed by atoms with van der Waals surface area (Å²) in [7, 11) is 0. The number of rotatable bonds is 9. The Labute approximate surface area is 87.6 Å². The zero-order valence-electron chi connectivity index (χ0n) is 8.77. The summed E-state index contributed by atoms with van der Waals surface area (Å²) in [6, 6.07) is 0. The Morgan fingerprint density at radius 1 is 0.923 bits per heavy atom. The van der Waals surface area contributed by atoms with Gasteiger partial charge in [-0.25, -0.2) is 0 Å². The van der Waals surface area contributed by atoms with Crippen molar-refractivity contribution in [2.24, 2.45) is 4.99 Å². The summed E-state index contributed by atoms with van der Waals surface area (Å²) in [5, 5.41) is 0. The van der Waals surface area contributed by atoms with Gasteiger partial charge < -0.3 is 0 Å². The average molecular weight is 204 g/mol. The lowest BCUT2D eigenvalue weighted by Gasteiger charge is -1.99. The van der Waals surface area contributed by atoms with Crippen LogP contribution in [0.25, 0.3) is 0 Å². The quantitative estimate of drug-likeness (QED) is 0.389. The Hall–Kier alpha value is -0.0400. The molecule has 0 rings (SSSR count). The van der Waals surface area contributed by atoms with Crippen LogP contribution in [-0.4, -0.2) is 12.2 Å². The molecule has 0 aromatic carbocycles. The van der Waals surface area contributed by atoms with E-state index >= 15 is 0 Å². The average Bonchev–Trinajstić information content (AvgIpc) is 2.16. The van der Waals surface area contributed by atoms with Crippen LogP contribution in [0, 0.1) is 0 Å². The maximum Gasteiger partial charge on any atom is 0.0871 e. The van der Waals surface area contributed by atoms with E-state index in [1.54, 1.807) is 0 Å². The van der Waals surface area contributed by atoms with Crippen LogP contribution in [0.2, 0.25) is 0 Å². The lowest BCUT2D eigenvalue weighted by atomic mass is 10.1. The molecule has 0 aromatic heterocycles. The fraction of sp³-hybridized carbons (Fsp3) is 0.909. The van der Waals surface area contributed by atoms with Gasteiger partial charge in [-0.1, -0.05) is 63.5 Å². The normalized spacial score (nSPS) is 11.2. The summed E-state index contributed by atoms with van der Waals surface area (Å²) in [5.41, 5.74) is 1.38. The summed E-state index contributed by atoms with van der Waals surface area (Å²) in [6.07, 6.45) is 10.8. The van der Waals surface area contributed by atoms with Crippen LogP contribution in [0.5, 0.6) is 0 Å². The van der Waals surface area contributed by atoms with Gasteiger partial charge >= 0.3 is 0 Å².